The molecule has 0 amide bonds. The second kappa shape index (κ2) is 7.98. The molecule has 0 heterocycles. The molecule has 0 radical (unpaired) electrons. The summed E-state index contributed by atoms with van der Waals surface area (Å²) in [6, 6.07) is 18.8. The van der Waals surface area contributed by atoms with E-state index in [1.165, 1.54) is 19.2 Å². The molecule has 0 aliphatic heterocycles. The highest BCUT2D eigenvalue weighted by molar-refractivity contribution is 7.92. The van der Waals surface area contributed by atoms with E-state index < -0.39 is 15.8 Å². The summed E-state index contributed by atoms with van der Waals surface area (Å²) >= 11 is 6.10. The van der Waals surface area contributed by atoms with Gasteiger partial charge in [-0.25, -0.2) is 12.8 Å². The molecule has 0 saturated heterocycles. The molecule has 0 fully saturated rings. The van der Waals surface area contributed by atoms with Crippen molar-refractivity contribution in [2.45, 2.75) is 11.5 Å². The third kappa shape index (κ3) is 4.40. The summed E-state index contributed by atoms with van der Waals surface area (Å²) < 4.78 is 45.1. The van der Waals surface area contributed by atoms with Crippen molar-refractivity contribution >= 4 is 27.3 Å². The van der Waals surface area contributed by atoms with Crippen molar-refractivity contribution in [2.24, 2.45) is 0 Å². The lowest BCUT2D eigenvalue weighted by atomic mass is 10.2. The summed E-state index contributed by atoms with van der Waals surface area (Å²) in [5.74, 6) is 0.0999. The van der Waals surface area contributed by atoms with Crippen molar-refractivity contribution in [3.05, 3.63) is 89.2 Å². The lowest BCUT2D eigenvalue weighted by Crippen LogP contribution is -2.26. The topological polar surface area (TPSA) is 46.6 Å². The second-order valence-electron chi connectivity index (χ2n) is 5.80. The Morgan fingerprint density at radius 1 is 0.963 bits per heavy atom. The van der Waals surface area contributed by atoms with Gasteiger partial charge < -0.3 is 4.74 Å². The maximum Gasteiger partial charge on any atom is 0.264 e. The van der Waals surface area contributed by atoms with Gasteiger partial charge in [-0.3, -0.25) is 4.31 Å². The minimum absolute atomic E-state index is 0.0189. The number of ether oxygens (including phenoxy) is 1. The van der Waals surface area contributed by atoms with E-state index in [0.717, 1.165) is 22.0 Å². The Morgan fingerprint density at radius 3 is 2.22 bits per heavy atom. The molecule has 0 aliphatic carbocycles. The normalized spacial score (nSPS) is 11.2. The lowest BCUT2D eigenvalue weighted by Gasteiger charge is -2.20. The molecule has 0 unspecified atom stereocenters. The van der Waals surface area contributed by atoms with Gasteiger partial charge in [-0.15, -0.1) is 0 Å². The van der Waals surface area contributed by atoms with Crippen LogP contribution in [0.25, 0.3) is 0 Å². The zero-order valence-electron chi connectivity index (χ0n) is 14.5. The van der Waals surface area contributed by atoms with E-state index in [4.69, 9.17) is 16.3 Å². The highest BCUT2D eigenvalue weighted by Gasteiger charge is 2.21. The smallest absolute Gasteiger partial charge is 0.264 e. The number of rotatable bonds is 6. The fourth-order valence-electron chi connectivity index (χ4n) is 2.43. The molecule has 0 bridgehead atoms. The third-order valence-corrected chi connectivity index (χ3v) is 6.19. The molecule has 0 N–H and O–H groups in total. The SMILES string of the molecule is CN(c1ccc(OCc2ccccc2Cl)cc1)S(=O)(=O)c1ccc(F)cc1. The zero-order chi connectivity index (χ0) is 19.4. The first-order valence-electron chi connectivity index (χ1n) is 8.09. The van der Waals surface area contributed by atoms with Crippen LogP contribution in [0.2, 0.25) is 5.02 Å². The van der Waals surface area contributed by atoms with E-state index >= 15 is 0 Å². The largest absolute Gasteiger partial charge is 0.489 e. The Morgan fingerprint density at radius 2 is 1.59 bits per heavy atom. The van der Waals surface area contributed by atoms with Crippen LogP contribution in [0.1, 0.15) is 5.56 Å². The van der Waals surface area contributed by atoms with Gasteiger partial charge in [-0.1, -0.05) is 29.8 Å². The molecular formula is C20H17ClFNO3S. The van der Waals surface area contributed by atoms with Crippen molar-refractivity contribution in [3.8, 4) is 5.75 Å². The predicted molar refractivity (Wildman–Crippen MR) is 104 cm³/mol. The van der Waals surface area contributed by atoms with E-state index in [1.807, 2.05) is 18.2 Å². The molecule has 27 heavy (non-hydrogen) atoms. The molecule has 7 heteroatoms. The van der Waals surface area contributed by atoms with Gasteiger partial charge in [0.2, 0.25) is 0 Å². The molecule has 3 aromatic rings. The fourth-order valence-corrected chi connectivity index (χ4v) is 3.82. The first-order valence-corrected chi connectivity index (χ1v) is 9.90. The quantitative estimate of drug-likeness (QED) is 0.587. The van der Waals surface area contributed by atoms with Crippen molar-refractivity contribution < 1.29 is 17.5 Å². The average molecular weight is 406 g/mol. The Hall–Kier alpha value is -2.57. The van der Waals surface area contributed by atoms with Gasteiger partial charge in [0.1, 0.15) is 18.2 Å². The van der Waals surface area contributed by atoms with E-state index in [1.54, 1.807) is 30.3 Å². The highest BCUT2D eigenvalue weighted by Crippen LogP contribution is 2.25. The predicted octanol–water partition coefficient (Wildman–Crippen LogP) is 4.88. The van der Waals surface area contributed by atoms with E-state index in [2.05, 4.69) is 0 Å². The average Bonchev–Trinajstić information content (AvgIpc) is 2.67. The summed E-state index contributed by atoms with van der Waals surface area (Å²) in [6.45, 7) is 0.308. The molecule has 0 aliphatic rings. The second-order valence-corrected chi connectivity index (χ2v) is 8.18. The van der Waals surface area contributed by atoms with Crippen LogP contribution < -0.4 is 9.04 Å². The summed E-state index contributed by atoms with van der Waals surface area (Å²) in [4.78, 5) is 0.0189. The van der Waals surface area contributed by atoms with Gasteiger partial charge in [0.25, 0.3) is 10.0 Å². The molecule has 0 atom stereocenters. The number of benzene rings is 3. The minimum Gasteiger partial charge on any atom is -0.489 e. The lowest BCUT2D eigenvalue weighted by molar-refractivity contribution is 0.306. The third-order valence-electron chi connectivity index (χ3n) is 4.02. The van der Waals surface area contributed by atoms with Crippen LogP contribution in [0.5, 0.6) is 5.75 Å². The van der Waals surface area contributed by atoms with Crippen LogP contribution in [-0.2, 0) is 16.6 Å². The number of halogens is 2. The summed E-state index contributed by atoms with van der Waals surface area (Å²) in [5, 5.41) is 0.624. The maximum absolute atomic E-state index is 13.0. The molecule has 4 nitrogen and oxygen atoms in total. The molecule has 0 aromatic heterocycles. The minimum atomic E-state index is -3.77. The van der Waals surface area contributed by atoms with Gasteiger partial charge in [0.05, 0.1) is 10.6 Å². The standard InChI is InChI=1S/C20H17ClFNO3S/c1-23(27(24,25)19-12-6-16(22)7-13-19)17-8-10-18(11-9-17)26-14-15-4-2-3-5-20(15)21/h2-13H,14H2,1H3. The Kier molecular flexibility index (Phi) is 5.68. The van der Waals surface area contributed by atoms with Gasteiger partial charge >= 0.3 is 0 Å². The molecule has 0 saturated carbocycles. The number of anilines is 1. The van der Waals surface area contributed by atoms with Crippen LogP contribution in [-0.4, -0.2) is 15.5 Å². The van der Waals surface area contributed by atoms with E-state index in [0.29, 0.717) is 23.1 Å². The molecule has 3 rings (SSSR count). The van der Waals surface area contributed by atoms with Crippen molar-refractivity contribution in [2.75, 3.05) is 11.4 Å². The zero-order valence-corrected chi connectivity index (χ0v) is 16.0. The number of hydrogen-bond acceptors (Lipinski definition) is 3. The van der Waals surface area contributed by atoms with E-state index in [9.17, 15) is 12.8 Å². The van der Waals surface area contributed by atoms with Crippen LogP contribution in [0.4, 0.5) is 10.1 Å². The summed E-state index contributed by atoms with van der Waals surface area (Å²) in [7, 11) is -2.33. The first kappa shape index (κ1) is 19.2. The van der Waals surface area contributed by atoms with Gasteiger partial charge in [0, 0.05) is 17.6 Å². The molecular weight excluding hydrogens is 389 g/mol. The molecule has 140 valence electrons. The van der Waals surface area contributed by atoms with Gasteiger partial charge in [-0.05, 0) is 54.6 Å². The monoisotopic (exact) mass is 405 g/mol. The van der Waals surface area contributed by atoms with Gasteiger partial charge in [0.15, 0.2) is 0 Å². The van der Waals surface area contributed by atoms with Crippen molar-refractivity contribution in [1.29, 1.82) is 0 Å². The Labute approximate surface area is 162 Å². The maximum atomic E-state index is 13.0. The van der Waals surface area contributed by atoms with Crippen LogP contribution in [0, 0.1) is 5.82 Å². The number of sulfonamides is 1. The van der Waals surface area contributed by atoms with E-state index in [-0.39, 0.29) is 4.90 Å². The van der Waals surface area contributed by atoms with Crippen LogP contribution in [0.3, 0.4) is 0 Å². The first-order chi connectivity index (χ1) is 12.9. The summed E-state index contributed by atoms with van der Waals surface area (Å²) in [6.07, 6.45) is 0. The number of hydrogen-bond donors (Lipinski definition) is 0. The summed E-state index contributed by atoms with van der Waals surface area (Å²) in [5.41, 5.74) is 1.32. The van der Waals surface area contributed by atoms with Crippen LogP contribution in [0.15, 0.2) is 77.7 Å². The van der Waals surface area contributed by atoms with Crippen molar-refractivity contribution in [3.63, 3.8) is 0 Å². The van der Waals surface area contributed by atoms with Crippen LogP contribution >= 0.6 is 11.6 Å². The van der Waals surface area contributed by atoms with Crippen molar-refractivity contribution in [1.82, 2.24) is 0 Å². The molecule has 3 aromatic carbocycles. The Bertz CT molecular complexity index is 1020. The fraction of sp³-hybridized carbons (Fsp3) is 0.100. The van der Waals surface area contributed by atoms with Gasteiger partial charge in [-0.2, -0.15) is 0 Å². The Balaban J connectivity index is 1.72. The highest BCUT2D eigenvalue weighted by atomic mass is 35.5. The molecule has 0 spiro atoms. The number of nitrogens with zero attached hydrogens (tertiary/aromatic N) is 1.